The van der Waals surface area contributed by atoms with Crippen LogP contribution >= 0.6 is 0 Å². The van der Waals surface area contributed by atoms with Gasteiger partial charge in [-0.1, -0.05) is 12.1 Å². The van der Waals surface area contributed by atoms with Crippen LogP contribution in [-0.4, -0.2) is 21.3 Å². The Morgan fingerprint density at radius 2 is 1.93 bits per heavy atom. The number of hydrogen-bond acceptors (Lipinski definition) is 3. The molecule has 0 amide bonds. The Morgan fingerprint density at radius 3 is 2.50 bits per heavy atom. The Morgan fingerprint density at radius 1 is 1.29 bits per heavy atom. The highest BCUT2D eigenvalue weighted by Gasteiger charge is 2.15. The minimum atomic E-state index is -3.17. The molecule has 1 aromatic carbocycles. The predicted molar refractivity (Wildman–Crippen MR) is 57.0 cm³/mol. The number of sulfone groups is 1. The first-order valence-electron chi connectivity index (χ1n) is 4.42. The van der Waals surface area contributed by atoms with Crippen LogP contribution in [0.3, 0.4) is 0 Å². The monoisotopic (exact) mass is 213 g/mol. The van der Waals surface area contributed by atoms with Gasteiger partial charge in [0, 0.05) is 0 Å². The maximum atomic E-state index is 11.7. The molecule has 1 aromatic rings. The summed E-state index contributed by atoms with van der Waals surface area (Å²) in [5, 5.41) is 2.67. The number of benzene rings is 1. The molecule has 3 nitrogen and oxygen atoms in total. The van der Waals surface area contributed by atoms with Crippen molar-refractivity contribution in [3.8, 4) is 0 Å². The molecule has 0 saturated heterocycles. The van der Waals surface area contributed by atoms with Gasteiger partial charge < -0.3 is 5.32 Å². The average Bonchev–Trinajstić information content (AvgIpc) is 2.09. The molecule has 0 aromatic heterocycles. The van der Waals surface area contributed by atoms with Gasteiger partial charge in [0.25, 0.3) is 0 Å². The first-order valence-corrected chi connectivity index (χ1v) is 6.07. The molecule has 0 aliphatic rings. The molecule has 1 rings (SSSR count). The van der Waals surface area contributed by atoms with Gasteiger partial charge in [-0.3, -0.25) is 0 Å². The second-order valence-electron chi connectivity index (χ2n) is 3.38. The maximum Gasteiger partial charge on any atom is 0.191 e. The van der Waals surface area contributed by atoms with Gasteiger partial charge in [0.1, 0.15) is 5.88 Å². The number of rotatable bonds is 3. The molecule has 0 aliphatic carbocycles. The molecule has 0 fully saturated rings. The summed E-state index contributed by atoms with van der Waals surface area (Å²) < 4.78 is 23.5. The van der Waals surface area contributed by atoms with Crippen molar-refractivity contribution in [3.63, 3.8) is 0 Å². The molecule has 0 saturated carbocycles. The van der Waals surface area contributed by atoms with Gasteiger partial charge in [0.05, 0.1) is 4.90 Å². The van der Waals surface area contributed by atoms with Gasteiger partial charge in [0.15, 0.2) is 9.84 Å². The van der Waals surface area contributed by atoms with Gasteiger partial charge in [-0.05, 0) is 38.1 Å². The number of nitrogens with one attached hydrogen (secondary N) is 1. The third kappa shape index (κ3) is 2.33. The minimum absolute atomic E-state index is 0.0166. The Hall–Kier alpha value is -0.870. The van der Waals surface area contributed by atoms with E-state index in [-0.39, 0.29) is 5.88 Å². The van der Waals surface area contributed by atoms with E-state index in [1.807, 2.05) is 26.0 Å². The third-order valence-electron chi connectivity index (χ3n) is 2.01. The van der Waals surface area contributed by atoms with E-state index in [4.69, 9.17) is 0 Å². The van der Waals surface area contributed by atoms with Crippen LogP contribution in [-0.2, 0) is 9.84 Å². The predicted octanol–water partition coefficient (Wildman–Crippen LogP) is 1.25. The largest absolute Gasteiger partial charge is 0.306 e. The van der Waals surface area contributed by atoms with Crippen molar-refractivity contribution in [2.24, 2.45) is 0 Å². The normalized spacial score (nSPS) is 11.6. The fourth-order valence-electron chi connectivity index (χ4n) is 1.31. The summed E-state index contributed by atoms with van der Waals surface area (Å²) in [5.74, 6) is -0.0166. The Bertz CT molecular complexity index is 424. The van der Waals surface area contributed by atoms with Crippen LogP contribution in [0.1, 0.15) is 11.1 Å². The molecule has 1 N–H and O–H groups in total. The summed E-state index contributed by atoms with van der Waals surface area (Å²) in [7, 11) is -1.55. The van der Waals surface area contributed by atoms with Gasteiger partial charge in [0.2, 0.25) is 0 Å². The fraction of sp³-hybridized carbons (Fsp3) is 0.400. The molecule has 0 spiro atoms. The number of aryl methyl sites for hydroxylation is 2. The summed E-state index contributed by atoms with van der Waals surface area (Å²) in [6.07, 6.45) is 0. The molecule has 0 aliphatic heterocycles. The standard InChI is InChI=1S/C10H15NO2S/c1-8-4-5-9(2)10(6-8)14(12,13)7-11-3/h4-6,11H,7H2,1-3H3. The Kier molecular flexibility index (Phi) is 3.29. The molecule has 4 heteroatoms. The van der Waals surface area contributed by atoms with Crippen molar-refractivity contribution < 1.29 is 8.42 Å². The summed E-state index contributed by atoms with van der Waals surface area (Å²) in [6, 6.07) is 5.45. The van der Waals surface area contributed by atoms with E-state index < -0.39 is 9.84 Å². The highest BCUT2D eigenvalue weighted by molar-refractivity contribution is 7.91. The quantitative estimate of drug-likeness (QED) is 0.822. The van der Waals surface area contributed by atoms with Crippen LogP contribution in [0.25, 0.3) is 0 Å². The lowest BCUT2D eigenvalue weighted by Gasteiger charge is -2.07. The first-order chi connectivity index (χ1) is 6.47. The molecular weight excluding hydrogens is 198 g/mol. The van der Waals surface area contributed by atoms with Crippen LogP contribution in [0.15, 0.2) is 23.1 Å². The van der Waals surface area contributed by atoms with Crippen molar-refractivity contribution in [2.75, 3.05) is 12.9 Å². The lowest BCUT2D eigenvalue weighted by Crippen LogP contribution is -2.19. The zero-order valence-corrected chi connectivity index (χ0v) is 9.48. The zero-order chi connectivity index (χ0) is 10.8. The SMILES string of the molecule is CNCS(=O)(=O)c1cc(C)ccc1C. The second kappa shape index (κ2) is 4.11. The van der Waals surface area contributed by atoms with Crippen molar-refractivity contribution in [3.05, 3.63) is 29.3 Å². The molecule has 0 radical (unpaired) electrons. The van der Waals surface area contributed by atoms with Gasteiger partial charge in [-0.15, -0.1) is 0 Å². The Labute approximate surface area is 85.1 Å². The fourth-order valence-corrected chi connectivity index (χ4v) is 2.77. The first kappa shape index (κ1) is 11.2. The van der Waals surface area contributed by atoms with Gasteiger partial charge >= 0.3 is 0 Å². The van der Waals surface area contributed by atoms with Crippen LogP contribution in [0.5, 0.6) is 0 Å². The molecule has 0 atom stereocenters. The average molecular weight is 213 g/mol. The van der Waals surface area contributed by atoms with Crippen molar-refractivity contribution in [2.45, 2.75) is 18.7 Å². The molecule has 0 heterocycles. The molecule has 0 bridgehead atoms. The summed E-state index contributed by atoms with van der Waals surface area (Å²) in [5.41, 5.74) is 1.76. The van der Waals surface area contributed by atoms with Crippen LogP contribution in [0.2, 0.25) is 0 Å². The van der Waals surface area contributed by atoms with Crippen LogP contribution < -0.4 is 5.32 Å². The van der Waals surface area contributed by atoms with E-state index in [1.54, 1.807) is 13.1 Å². The van der Waals surface area contributed by atoms with Gasteiger partial charge in [-0.25, -0.2) is 8.42 Å². The number of hydrogen-bond donors (Lipinski definition) is 1. The maximum absolute atomic E-state index is 11.7. The van der Waals surface area contributed by atoms with Crippen LogP contribution in [0, 0.1) is 13.8 Å². The van der Waals surface area contributed by atoms with Crippen molar-refractivity contribution >= 4 is 9.84 Å². The third-order valence-corrected chi connectivity index (χ3v) is 3.79. The van der Waals surface area contributed by atoms with Crippen molar-refractivity contribution in [1.29, 1.82) is 0 Å². The summed E-state index contributed by atoms with van der Waals surface area (Å²) >= 11 is 0. The highest BCUT2D eigenvalue weighted by Crippen LogP contribution is 2.17. The van der Waals surface area contributed by atoms with E-state index in [1.165, 1.54) is 0 Å². The molecule has 0 unspecified atom stereocenters. The topological polar surface area (TPSA) is 46.2 Å². The molecule has 14 heavy (non-hydrogen) atoms. The van der Waals surface area contributed by atoms with E-state index >= 15 is 0 Å². The second-order valence-corrected chi connectivity index (χ2v) is 5.34. The van der Waals surface area contributed by atoms with E-state index in [0.29, 0.717) is 4.90 Å². The smallest absolute Gasteiger partial charge is 0.191 e. The lowest BCUT2D eigenvalue weighted by atomic mass is 10.2. The van der Waals surface area contributed by atoms with Crippen LogP contribution in [0.4, 0.5) is 0 Å². The Balaban J connectivity index is 3.25. The van der Waals surface area contributed by atoms with E-state index in [0.717, 1.165) is 11.1 Å². The summed E-state index contributed by atoms with van der Waals surface area (Å²) in [6.45, 7) is 3.69. The summed E-state index contributed by atoms with van der Waals surface area (Å²) in [4.78, 5) is 0.423. The van der Waals surface area contributed by atoms with Gasteiger partial charge in [-0.2, -0.15) is 0 Å². The van der Waals surface area contributed by atoms with Crippen molar-refractivity contribution in [1.82, 2.24) is 5.32 Å². The molecular formula is C10H15NO2S. The van der Waals surface area contributed by atoms with E-state index in [9.17, 15) is 8.42 Å². The lowest BCUT2D eigenvalue weighted by molar-refractivity contribution is 0.591. The minimum Gasteiger partial charge on any atom is -0.306 e. The zero-order valence-electron chi connectivity index (χ0n) is 8.66. The highest BCUT2D eigenvalue weighted by atomic mass is 32.2. The van der Waals surface area contributed by atoms with E-state index in [2.05, 4.69) is 5.32 Å². The molecule has 78 valence electrons.